The number of amides is 3. The van der Waals surface area contributed by atoms with E-state index in [0.717, 1.165) is 10.0 Å². The van der Waals surface area contributed by atoms with Gasteiger partial charge in [0.25, 0.3) is 5.91 Å². The summed E-state index contributed by atoms with van der Waals surface area (Å²) >= 11 is 15.3. The molecule has 0 spiro atoms. The molecule has 1 aliphatic carbocycles. The summed E-state index contributed by atoms with van der Waals surface area (Å²) in [6.07, 6.45) is 0.599. The maximum absolute atomic E-state index is 12.6. The minimum absolute atomic E-state index is 0.0530. The van der Waals surface area contributed by atoms with Crippen LogP contribution in [0.5, 0.6) is 0 Å². The van der Waals surface area contributed by atoms with Crippen molar-refractivity contribution in [1.82, 2.24) is 10.2 Å². The van der Waals surface area contributed by atoms with E-state index in [-0.39, 0.29) is 18.4 Å². The Bertz CT molecular complexity index is 620. The zero-order valence-electron chi connectivity index (χ0n) is 11.2. The predicted molar refractivity (Wildman–Crippen MR) is 84.3 cm³/mol. The number of hydrogen-bond donors (Lipinski definition) is 1. The lowest BCUT2D eigenvalue weighted by Gasteiger charge is -2.22. The Hall–Kier alpha value is -0.780. The maximum atomic E-state index is 12.6. The van der Waals surface area contributed by atoms with Crippen LogP contribution in [0.1, 0.15) is 18.9 Å². The summed E-state index contributed by atoms with van der Waals surface area (Å²) in [5, 5.41) is 2.76. The molecular weight excluding hydrogens is 379 g/mol. The second-order valence-electron chi connectivity index (χ2n) is 5.64. The van der Waals surface area contributed by atoms with E-state index in [9.17, 15) is 9.59 Å². The van der Waals surface area contributed by atoms with E-state index in [1.165, 1.54) is 4.90 Å². The van der Waals surface area contributed by atoms with Gasteiger partial charge in [-0.1, -0.05) is 28.1 Å². The number of halogens is 3. The molecule has 1 aliphatic heterocycles. The van der Waals surface area contributed by atoms with Crippen LogP contribution in [0.4, 0.5) is 4.79 Å². The van der Waals surface area contributed by atoms with Gasteiger partial charge in [0.2, 0.25) is 0 Å². The van der Waals surface area contributed by atoms with Gasteiger partial charge < -0.3 is 5.32 Å². The Morgan fingerprint density at radius 3 is 2.43 bits per heavy atom. The first-order valence-electron chi connectivity index (χ1n) is 6.52. The van der Waals surface area contributed by atoms with E-state index in [4.69, 9.17) is 23.2 Å². The van der Waals surface area contributed by atoms with Crippen LogP contribution in [0.3, 0.4) is 0 Å². The number of carbonyl (C=O) groups is 2. The molecule has 2 atom stereocenters. The summed E-state index contributed by atoms with van der Waals surface area (Å²) in [7, 11) is 0. The third kappa shape index (κ3) is 2.56. The van der Waals surface area contributed by atoms with Crippen molar-refractivity contribution in [3.8, 4) is 0 Å². The summed E-state index contributed by atoms with van der Waals surface area (Å²) in [5.41, 5.74) is -0.307. The van der Waals surface area contributed by atoms with Gasteiger partial charge in [-0.2, -0.15) is 0 Å². The number of alkyl halides is 2. The highest BCUT2D eigenvalue weighted by Crippen LogP contribution is 2.53. The van der Waals surface area contributed by atoms with Gasteiger partial charge in [-0.3, -0.25) is 9.69 Å². The van der Waals surface area contributed by atoms with Crippen molar-refractivity contribution >= 4 is 51.1 Å². The number of nitrogens with zero attached hydrogens (tertiary/aromatic N) is 1. The smallest absolute Gasteiger partial charge is 0.319 e. The fourth-order valence-electron chi connectivity index (χ4n) is 2.53. The Labute approximate surface area is 140 Å². The maximum Gasteiger partial charge on any atom is 0.325 e. The topological polar surface area (TPSA) is 49.4 Å². The van der Waals surface area contributed by atoms with Crippen LogP contribution in [0, 0.1) is 5.92 Å². The quantitative estimate of drug-likeness (QED) is 0.634. The van der Waals surface area contributed by atoms with E-state index in [2.05, 4.69) is 21.2 Å². The number of nitrogens with one attached hydrogen (secondary N) is 1. The Morgan fingerprint density at radius 2 is 1.90 bits per heavy atom. The molecule has 3 amide bonds. The molecule has 2 aliphatic rings. The molecule has 3 rings (SSSR count). The van der Waals surface area contributed by atoms with Crippen molar-refractivity contribution in [3.05, 3.63) is 34.3 Å². The van der Waals surface area contributed by atoms with Crippen LogP contribution >= 0.6 is 39.1 Å². The zero-order chi connectivity index (χ0) is 15.4. The first-order valence-corrected chi connectivity index (χ1v) is 8.07. The summed E-state index contributed by atoms with van der Waals surface area (Å²) in [6.45, 7) is 1.96. The average Bonchev–Trinajstić information content (AvgIpc) is 2.95. The standard InChI is InChI=1S/C14H13BrCl2N2O2/c1-13(8-2-4-10(15)5-3-8)11(20)19(12(21)18-13)7-9-6-14(9,16)17/h2-5,9H,6-7H2,1H3,(H,18,21). The molecule has 2 fully saturated rings. The monoisotopic (exact) mass is 390 g/mol. The highest BCUT2D eigenvalue weighted by Gasteiger charge is 2.56. The summed E-state index contributed by atoms with van der Waals surface area (Å²) < 4.78 is 0.104. The second-order valence-corrected chi connectivity index (χ2v) is 8.10. The molecule has 1 aromatic carbocycles. The molecular formula is C14H13BrCl2N2O2. The minimum atomic E-state index is -1.05. The molecule has 21 heavy (non-hydrogen) atoms. The average molecular weight is 392 g/mol. The van der Waals surface area contributed by atoms with Gasteiger partial charge in [0.05, 0.1) is 0 Å². The lowest BCUT2D eigenvalue weighted by atomic mass is 9.92. The number of benzene rings is 1. The van der Waals surface area contributed by atoms with Gasteiger partial charge in [0.1, 0.15) is 9.87 Å². The zero-order valence-corrected chi connectivity index (χ0v) is 14.3. The van der Waals surface area contributed by atoms with Crippen LogP contribution in [-0.4, -0.2) is 27.7 Å². The van der Waals surface area contributed by atoms with Crippen molar-refractivity contribution in [3.63, 3.8) is 0 Å². The van der Waals surface area contributed by atoms with E-state index in [0.29, 0.717) is 6.42 Å². The summed E-state index contributed by atoms with van der Waals surface area (Å²) in [6, 6.07) is 6.91. The molecule has 0 aromatic heterocycles. The van der Waals surface area contributed by atoms with Gasteiger partial charge in [0.15, 0.2) is 0 Å². The van der Waals surface area contributed by atoms with Gasteiger partial charge in [0, 0.05) is 16.9 Å². The fourth-order valence-corrected chi connectivity index (χ4v) is 3.30. The number of rotatable bonds is 3. The molecule has 1 N–H and O–H groups in total. The number of hydrogen-bond acceptors (Lipinski definition) is 2. The first kappa shape index (κ1) is 15.1. The minimum Gasteiger partial charge on any atom is -0.319 e. The first-order chi connectivity index (χ1) is 9.74. The molecule has 0 bridgehead atoms. The predicted octanol–water partition coefficient (Wildman–Crippen LogP) is 3.41. The van der Waals surface area contributed by atoms with E-state index in [1.54, 1.807) is 6.92 Å². The lowest BCUT2D eigenvalue weighted by Crippen LogP contribution is -2.41. The van der Waals surface area contributed by atoms with Crippen LogP contribution in [0.2, 0.25) is 0 Å². The van der Waals surface area contributed by atoms with Crippen molar-refractivity contribution in [2.45, 2.75) is 23.2 Å². The lowest BCUT2D eigenvalue weighted by molar-refractivity contribution is -0.131. The fraction of sp³-hybridized carbons (Fsp3) is 0.429. The highest BCUT2D eigenvalue weighted by atomic mass is 79.9. The third-order valence-electron chi connectivity index (χ3n) is 4.06. The molecule has 1 saturated heterocycles. The van der Waals surface area contributed by atoms with E-state index >= 15 is 0 Å². The van der Waals surface area contributed by atoms with Gasteiger partial charge in [-0.15, -0.1) is 23.2 Å². The Kier molecular flexibility index (Phi) is 3.50. The molecule has 0 radical (unpaired) electrons. The molecule has 7 heteroatoms. The summed E-state index contributed by atoms with van der Waals surface area (Å²) in [4.78, 5) is 26.0. The number of urea groups is 1. The van der Waals surface area contributed by atoms with Crippen molar-refractivity contribution < 1.29 is 9.59 Å². The molecule has 2 unspecified atom stereocenters. The molecule has 112 valence electrons. The van der Waals surface area contributed by atoms with Crippen molar-refractivity contribution in [1.29, 1.82) is 0 Å². The van der Waals surface area contributed by atoms with Gasteiger partial charge >= 0.3 is 6.03 Å². The number of imide groups is 1. The van der Waals surface area contributed by atoms with Crippen molar-refractivity contribution in [2.75, 3.05) is 6.54 Å². The van der Waals surface area contributed by atoms with Crippen LogP contribution in [0.15, 0.2) is 28.7 Å². The van der Waals surface area contributed by atoms with Gasteiger partial charge in [-0.05, 0) is 31.0 Å². The highest BCUT2D eigenvalue weighted by molar-refractivity contribution is 9.10. The SMILES string of the molecule is CC1(c2ccc(Br)cc2)NC(=O)N(CC2CC2(Cl)Cl)C1=O. The van der Waals surface area contributed by atoms with E-state index < -0.39 is 15.9 Å². The van der Waals surface area contributed by atoms with Crippen LogP contribution in [0.25, 0.3) is 0 Å². The summed E-state index contributed by atoms with van der Waals surface area (Å²) in [5.74, 6) is -0.325. The van der Waals surface area contributed by atoms with E-state index in [1.807, 2.05) is 24.3 Å². The Balaban J connectivity index is 1.83. The molecule has 4 nitrogen and oxygen atoms in total. The molecule has 1 heterocycles. The van der Waals surface area contributed by atoms with Crippen LogP contribution in [-0.2, 0) is 10.3 Å². The Morgan fingerprint density at radius 1 is 1.33 bits per heavy atom. The van der Waals surface area contributed by atoms with Crippen molar-refractivity contribution in [2.24, 2.45) is 5.92 Å². The van der Waals surface area contributed by atoms with Gasteiger partial charge in [-0.25, -0.2) is 4.79 Å². The largest absolute Gasteiger partial charge is 0.325 e. The molecule has 1 aromatic rings. The van der Waals surface area contributed by atoms with Crippen LogP contribution < -0.4 is 5.32 Å². The second kappa shape index (κ2) is 4.86. The third-order valence-corrected chi connectivity index (χ3v) is 5.51. The number of carbonyl (C=O) groups excluding carboxylic acids is 2. The molecule has 1 saturated carbocycles. The normalized spacial score (nSPS) is 30.5.